The van der Waals surface area contributed by atoms with Gasteiger partial charge < -0.3 is 5.32 Å². The lowest BCUT2D eigenvalue weighted by atomic mass is 9.96. The van der Waals surface area contributed by atoms with Crippen molar-refractivity contribution in [3.63, 3.8) is 0 Å². The molecule has 1 aliphatic carbocycles. The quantitative estimate of drug-likeness (QED) is 0.489. The summed E-state index contributed by atoms with van der Waals surface area (Å²) in [5.74, 6) is 2.53. The van der Waals surface area contributed by atoms with Gasteiger partial charge in [-0.05, 0) is 47.6 Å². The Labute approximate surface area is 181 Å². The molecule has 0 bridgehead atoms. The maximum absolute atomic E-state index is 4.78. The highest BCUT2D eigenvalue weighted by Crippen LogP contribution is 2.30. The van der Waals surface area contributed by atoms with Crippen LogP contribution in [0.2, 0.25) is 0 Å². The maximum atomic E-state index is 4.78. The minimum absolute atomic E-state index is 0.599. The van der Waals surface area contributed by atoms with Crippen molar-refractivity contribution in [2.24, 2.45) is 0 Å². The number of rotatable bonds is 6. The number of H-pyrrole nitrogens is 1. The van der Waals surface area contributed by atoms with Crippen LogP contribution in [-0.2, 0) is 25.8 Å². The lowest BCUT2D eigenvalue weighted by Crippen LogP contribution is -2.14. The number of anilines is 1. The van der Waals surface area contributed by atoms with Crippen LogP contribution in [0, 0.1) is 0 Å². The van der Waals surface area contributed by atoms with E-state index in [2.05, 4.69) is 63.2 Å². The fourth-order valence-corrected chi connectivity index (χ4v) is 4.14. The fourth-order valence-electron chi connectivity index (χ4n) is 4.14. The number of aryl methyl sites for hydroxylation is 2. The molecule has 0 atom stereocenters. The number of fused-ring (bicyclic) bond motifs is 1. The molecule has 0 spiro atoms. The lowest BCUT2D eigenvalue weighted by Gasteiger charge is -2.19. The van der Waals surface area contributed by atoms with Crippen molar-refractivity contribution in [2.75, 3.05) is 5.32 Å². The highest BCUT2D eigenvalue weighted by atomic mass is 15.5. The zero-order valence-corrected chi connectivity index (χ0v) is 17.6. The Bertz CT molecular complexity index is 1170. The summed E-state index contributed by atoms with van der Waals surface area (Å²) >= 11 is 0. The Morgan fingerprint density at radius 2 is 1.74 bits per heavy atom. The molecule has 31 heavy (non-hydrogen) atoms. The van der Waals surface area contributed by atoms with Gasteiger partial charge in [-0.3, -0.25) is 0 Å². The molecule has 0 amide bonds. The van der Waals surface area contributed by atoms with Crippen molar-refractivity contribution in [2.45, 2.75) is 45.6 Å². The third kappa shape index (κ3) is 4.03. The Kier molecular flexibility index (Phi) is 5.39. The molecule has 0 unspecified atom stereocenters. The minimum atomic E-state index is 0.599. The molecule has 2 N–H and O–H groups in total. The van der Waals surface area contributed by atoms with E-state index in [1.54, 1.807) is 0 Å². The standard InChI is InChI=1S/C24H25N7/c1-2-22-26-21-10-6-5-9-20(21)23(27-22)25-15-16-11-13-17(14-12-16)18-7-3-4-8-19(18)24-28-30-31-29-24/h3-4,7-8,11-14H,2,5-6,9-10,15H2,1H3,(H,25,26,27)(H,28,29,30,31). The molecular weight excluding hydrogens is 386 g/mol. The summed E-state index contributed by atoms with van der Waals surface area (Å²) < 4.78 is 0. The van der Waals surface area contributed by atoms with Crippen LogP contribution in [0.5, 0.6) is 0 Å². The van der Waals surface area contributed by atoms with Crippen LogP contribution in [0.3, 0.4) is 0 Å². The van der Waals surface area contributed by atoms with E-state index in [0.29, 0.717) is 5.82 Å². The van der Waals surface area contributed by atoms with Crippen LogP contribution < -0.4 is 5.32 Å². The summed E-state index contributed by atoms with van der Waals surface area (Å²) in [6.07, 6.45) is 5.42. The second-order valence-corrected chi connectivity index (χ2v) is 7.81. The minimum Gasteiger partial charge on any atom is -0.366 e. The Hall–Kier alpha value is -3.61. The second-order valence-electron chi connectivity index (χ2n) is 7.81. The van der Waals surface area contributed by atoms with Crippen LogP contribution in [0.4, 0.5) is 5.82 Å². The number of nitrogens with one attached hydrogen (secondary N) is 2. The van der Waals surface area contributed by atoms with E-state index < -0.39 is 0 Å². The molecule has 156 valence electrons. The largest absolute Gasteiger partial charge is 0.366 e. The van der Waals surface area contributed by atoms with Crippen LogP contribution >= 0.6 is 0 Å². The van der Waals surface area contributed by atoms with Gasteiger partial charge in [0.05, 0.1) is 0 Å². The number of tetrazole rings is 1. The van der Waals surface area contributed by atoms with Gasteiger partial charge in [-0.15, -0.1) is 10.2 Å². The molecule has 2 aromatic carbocycles. The van der Waals surface area contributed by atoms with Crippen molar-refractivity contribution in [3.8, 4) is 22.5 Å². The fraction of sp³-hybridized carbons (Fsp3) is 0.292. The van der Waals surface area contributed by atoms with Crippen molar-refractivity contribution < 1.29 is 0 Å². The molecule has 0 saturated heterocycles. The zero-order chi connectivity index (χ0) is 21.0. The number of aromatic nitrogens is 6. The van der Waals surface area contributed by atoms with E-state index in [9.17, 15) is 0 Å². The molecule has 5 rings (SSSR count). The SMILES string of the molecule is CCc1nc2c(c(NCc3ccc(-c4ccccc4-c4nn[nH]n4)cc3)n1)CCCC2. The van der Waals surface area contributed by atoms with Gasteiger partial charge in [0, 0.05) is 29.8 Å². The van der Waals surface area contributed by atoms with Crippen molar-refractivity contribution in [1.29, 1.82) is 0 Å². The first-order valence-electron chi connectivity index (χ1n) is 10.9. The summed E-state index contributed by atoms with van der Waals surface area (Å²) in [4.78, 5) is 9.53. The Morgan fingerprint density at radius 1 is 0.935 bits per heavy atom. The molecule has 7 nitrogen and oxygen atoms in total. The highest BCUT2D eigenvalue weighted by Gasteiger charge is 2.17. The number of nitrogens with zero attached hydrogens (tertiary/aromatic N) is 5. The monoisotopic (exact) mass is 411 g/mol. The van der Waals surface area contributed by atoms with Crippen molar-refractivity contribution in [1.82, 2.24) is 30.6 Å². The summed E-state index contributed by atoms with van der Waals surface area (Å²) in [7, 11) is 0. The summed E-state index contributed by atoms with van der Waals surface area (Å²) in [6, 6.07) is 16.7. The van der Waals surface area contributed by atoms with Crippen molar-refractivity contribution in [3.05, 3.63) is 71.2 Å². The van der Waals surface area contributed by atoms with E-state index >= 15 is 0 Å². The molecule has 0 aliphatic heterocycles. The number of hydrogen-bond acceptors (Lipinski definition) is 6. The molecule has 0 saturated carbocycles. The molecule has 1 aliphatic rings. The van der Waals surface area contributed by atoms with E-state index in [-0.39, 0.29) is 0 Å². The molecule has 2 heterocycles. The predicted molar refractivity (Wildman–Crippen MR) is 120 cm³/mol. The predicted octanol–water partition coefficient (Wildman–Crippen LogP) is 4.38. The van der Waals surface area contributed by atoms with Gasteiger partial charge in [-0.1, -0.05) is 55.5 Å². The van der Waals surface area contributed by atoms with Gasteiger partial charge in [0.1, 0.15) is 11.6 Å². The van der Waals surface area contributed by atoms with Gasteiger partial charge in [-0.25, -0.2) is 9.97 Å². The van der Waals surface area contributed by atoms with Crippen LogP contribution in [0.25, 0.3) is 22.5 Å². The molecular formula is C24H25N7. The van der Waals surface area contributed by atoms with Gasteiger partial charge in [0.25, 0.3) is 0 Å². The van der Waals surface area contributed by atoms with E-state index in [1.165, 1.54) is 29.7 Å². The van der Waals surface area contributed by atoms with E-state index in [1.807, 2.05) is 18.2 Å². The molecule has 2 aromatic heterocycles. The summed E-state index contributed by atoms with van der Waals surface area (Å²) in [5.41, 5.74) is 6.91. The number of aromatic amines is 1. The lowest BCUT2D eigenvalue weighted by molar-refractivity contribution is 0.656. The normalized spacial score (nSPS) is 13.1. The van der Waals surface area contributed by atoms with Gasteiger partial charge in [-0.2, -0.15) is 5.21 Å². The van der Waals surface area contributed by atoms with E-state index in [0.717, 1.165) is 54.1 Å². The summed E-state index contributed by atoms with van der Waals surface area (Å²) in [5, 5.41) is 18.1. The molecule has 0 radical (unpaired) electrons. The third-order valence-electron chi connectivity index (χ3n) is 5.78. The molecule has 0 fully saturated rings. The zero-order valence-electron chi connectivity index (χ0n) is 17.6. The summed E-state index contributed by atoms with van der Waals surface area (Å²) in [6.45, 7) is 2.85. The average Bonchev–Trinajstić information content (AvgIpc) is 3.37. The van der Waals surface area contributed by atoms with Crippen molar-refractivity contribution >= 4 is 5.82 Å². The second kappa shape index (κ2) is 8.63. The molecule has 7 heteroatoms. The van der Waals surface area contributed by atoms with Crippen LogP contribution in [-0.4, -0.2) is 30.6 Å². The maximum Gasteiger partial charge on any atom is 0.205 e. The van der Waals surface area contributed by atoms with Crippen LogP contribution in [0.1, 0.15) is 42.4 Å². The average molecular weight is 412 g/mol. The third-order valence-corrected chi connectivity index (χ3v) is 5.78. The number of benzene rings is 2. The first-order chi connectivity index (χ1) is 15.3. The first kappa shape index (κ1) is 19.4. The Morgan fingerprint density at radius 3 is 2.52 bits per heavy atom. The van der Waals surface area contributed by atoms with Gasteiger partial charge in [0.2, 0.25) is 5.82 Å². The topological polar surface area (TPSA) is 92.3 Å². The Balaban J connectivity index is 1.36. The van der Waals surface area contributed by atoms with Gasteiger partial charge in [0.15, 0.2) is 0 Å². The molecule has 4 aromatic rings. The first-order valence-corrected chi connectivity index (χ1v) is 10.9. The highest BCUT2D eigenvalue weighted by molar-refractivity contribution is 5.80. The van der Waals surface area contributed by atoms with E-state index in [4.69, 9.17) is 9.97 Å². The number of hydrogen-bond donors (Lipinski definition) is 2. The van der Waals surface area contributed by atoms with Gasteiger partial charge >= 0.3 is 0 Å². The smallest absolute Gasteiger partial charge is 0.205 e. The van der Waals surface area contributed by atoms with Crippen LogP contribution in [0.15, 0.2) is 48.5 Å².